The van der Waals surface area contributed by atoms with Gasteiger partial charge in [-0.25, -0.2) is 4.79 Å². The van der Waals surface area contributed by atoms with Gasteiger partial charge < -0.3 is 13.7 Å². The second kappa shape index (κ2) is 5.85. The van der Waals surface area contributed by atoms with Crippen molar-refractivity contribution in [2.45, 2.75) is 18.9 Å². The maximum atomic E-state index is 12.4. The lowest BCUT2D eigenvalue weighted by molar-refractivity contribution is -0.0500. The Bertz CT molecular complexity index is 898. The highest BCUT2D eigenvalue weighted by Crippen LogP contribution is 2.33. The zero-order chi connectivity index (χ0) is 17.4. The molecule has 0 bridgehead atoms. The fourth-order valence-electron chi connectivity index (χ4n) is 2.01. The third-order valence-electron chi connectivity index (χ3n) is 3.02. The SMILES string of the molecule is Cc1cc(=O)oc2c(CCO)c(OS(=O)(=O)C(F)(F)F)ccc12. The lowest BCUT2D eigenvalue weighted by atomic mass is 10.0. The Morgan fingerprint density at radius 1 is 1.30 bits per heavy atom. The van der Waals surface area contributed by atoms with Gasteiger partial charge in [-0.1, -0.05) is 0 Å². The summed E-state index contributed by atoms with van der Waals surface area (Å²) in [7, 11) is -5.88. The number of halogens is 3. The molecule has 0 fully saturated rings. The van der Waals surface area contributed by atoms with Gasteiger partial charge in [-0.15, -0.1) is 0 Å². The van der Waals surface area contributed by atoms with Crippen LogP contribution in [0.15, 0.2) is 27.4 Å². The van der Waals surface area contributed by atoms with E-state index in [2.05, 4.69) is 4.18 Å². The summed E-state index contributed by atoms with van der Waals surface area (Å²) in [6.07, 6.45) is -0.257. The highest BCUT2D eigenvalue weighted by Gasteiger charge is 2.48. The summed E-state index contributed by atoms with van der Waals surface area (Å²) in [4.78, 5) is 11.4. The minimum Gasteiger partial charge on any atom is -0.422 e. The molecule has 126 valence electrons. The molecule has 1 aromatic carbocycles. The maximum absolute atomic E-state index is 12.4. The predicted molar refractivity (Wildman–Crippen MR) is 73.6 cm³/mol. The molecule has 0 aliphatic rings. The van der Waals surface area contributed by atoms with E-state index >= 15 is 0 Å². The Labute approximate surface area is 128 Å². The van der Waals surface area contributed by atoms with Crippen molar-refractivity contribution in [2.75, 3.05) is 6.61 Å². The average molecular weight is 352 g/mol. The molecule has 0 saturated carbocycles. The second-order valence-electron chi connectivity index (χ2n) is 4.62. The summed E-state index contributed by atoms with van der Waals surface area (Å²) in [6, 6.07) is 3.47. The number of aliphatic hydroxyl groups excluding tert-OH is 1. The topological polar surface area (TPSA) is 93.8 Å². The Morgan fingerprint density at radius 3 is 2.52 bits per heavy atom. The molecular weight excluding hydrogens is 341 g/mol. The lowest BCUT2D eigenvalue weighted by Gasteiger charge is -2.14. The molecule has 0 aliphatic carbocycles. The average Bonchev–Trinajstić information content (AvgIpc) is 2.40. The number of hydrogen-bond donors (Lipinski definition) is 1. The summed E-state index contributed by atoms with van der Waals surface area (Å²) < 4.78 is 68.7. The van der Waals surface area contributed by atoms with Gasteiger partial charge in [0.2, 0.25) is 0 Å². The van der Waals surface area contributed by atoms with E-state index in [9.17, 15) is 26.4 Å². The molecule has 0 unspecified atom stereocenters. The molecule has 1 heterocycles. The van der Waals surface area contributed by atoms with Gasteiger partial charge in [-0.3, -0.25) is 0 Å². The van der Waals surface area contributed by atoms with E-state index in [1.54, 1.807) is 6.92 Å². The summed E-state index contributed by atoms with van der Waals surface area (Å²) >= 11 is 0. The predicted octanol–water partition coefficient (Wildman–Crippen LogP) is 1.86. The minimum absolute atomic E-state index is 0.126. The first kappa shape index (κ1) is 17.3. The lowest BCUT2D eigenvalue weighted by Crippen LogP contribution is -2.28. The van der Waals surface area contributed by atoms with Crippen molar-refractivity contribution in [2.24, 2.45) is 0 Å². The van der Waals surface area contributed by atoms with Crippen LogP contribution in [0, 0.1) is 6.92 Å². The van der Waals surface area contributed by atoms with E-state index in [1.807, 2.05) is 0 Å². The molecule has 0 atom stereocenters. The van der Waals surface area contributed by atoms with Crippen molar-refractivity contribution < 1.29 is 35.3 Å². The molecule has 0 radical (unpaired) electrons. The molecule has 0 saturated heterocycles. The van der Waals surface area contributed by atoms with Crippen LogP contribution >= 0.6 is 0 Å². The fraction of sp³-hybridized carbons (Fsp3) is 0.308. The fourth-order valence-corrected chi connectivity index (χ4v) is 2.50. The van der Waals surface area contributed by atoms with Crippen molar-refractivity contribution in [3.8, 4) is 5.75 Å². The van der Waals surface area contributed by atoms with Crippen molar-refractivity contribution in [3.05, 3.63) is 39.7 Å². The van der Waals surface area contributed by atoms with Gasteiger partial charge in [-0.2, -0.15) is 21.6 Å². The molecule has 6 nitrogen and oxygen atoms in total. The quantitative estimate of drug-likeness (QED) is 0.513. The number of benzene rings is 1. The van der Waals surface area contributed by atoms with Crippen LogP contribution in [0.4, 0.5) is 13.2 Å². The Hall–Kier alpha value is -2.07. The molecule has 1 N–H and O–H groups in total. The van der Waals surface area contributed by atoms with E-state index in [1.165, 1.54) is 12.1 Å². The number of rotatable bonds is 4. The molecule has 2 rings (SSSR count). The van der Waals surface area contributed by atoms with Crippen LogP contribution in [0.2, 0.25) is 0 Å². The summed E-state index contributed by atoms with van der Waals surface area (Å²) in [5.74, 6) is -0.655. The van der Waals surface area contributed by atoms with Crippen LogP contribution in [0.1, 0.15) is 11.1 Å². The molecule has 10 heteroatoms. The summed E-state index contributed by atoms with van der Waals surface area (Å²) in [5, 5.41) is 9.45. The Balaban J connectivity index is 2.70. The van der Waals surface area contributed by atoms with Crippen LogP contribution < -0.4 is 9.81 Å². The van der Waals surface area contributed by atoms with Crippen LogP contribution in [0.5, 0.6) is 5.75 Å². The molecule has 23 heavy (non-hydrogen) atoms. The van der Waals surface area contributed by atoms with Gasteiger partial charge in [0, 0.05) is 30.0 Å². The molecule has 0 amide bonds. The van der Waals surface area contributed by atoms with E-state index in [-0.39, 0.29) is 17.6 Å². The third-order valence-corrected chi connectivity index (χ3v) is 3.99. The summed E-state index contributed by atoms with van der Waals surface area (Å²) in [6.45, 7) is 1.06. The van der Waals surface area contributed by atoms with Crippen molar-refractivity contribution in [1.82, 2.24) is 0 Å². The van der Waals surface area contributed by atoms with E-state index in [0.717, 1.165) is 6.07 Å². The first-order valence-corrected chi connectivity index (χ1v) is 7.65. The standard InChI is InChI=1S/C13H11F3O6S/c1-7-6-11(18)21-12-8(7)2-3-10(9(12)4-5-17)22-23(19,20)13(14,15)16/h2-3,6,17H,4-5H2,1H3. The molecule has 1 aromatic heterocycles. The van der Waals surface area contributed by atoms with Crippen LogP contribution in [-0.4, -0.2) is 25.6 Å². The van der Waals surface area contributed by atoms with E-state index in [4.69, 9.17) is 9.52 Å². The Kier molecular flexibility index (Phi) is 4.40. The molecule has 0 spiro atoms. The van der Waals surface area contributed by atoms with Gasteiger partial charge in [0.15, 0.2) is 0 Å². The van der Waals surface area contributed by atoms with Gasteiger partial charge in [0.25, 0.3) is 0 Å². The van der Waals surface area contributed by atoms with E-state index < -0.39 is 33.6 Å². The van der Waals surface area contributed by atoms with Gasteiger partial charge in [0.05, 0.1) is 0 Å². The third kappa shape index (κ3) is 3.32. The van der Waals surface area contributed by atoms with Crippen LogP contribution in [-0.2, 0) is 16.5 Å². The highest BCUT2D eigenvalue weighted by molar-refractivity contribution is 7.88. The van der Waals surface area contributed by atoms with Gasteiger partial charge in [-0.05, 0) is 24.6 Å². The largest absolute Gasteiger partial charge is 0.534 e. The van der Waals surface area contributed by atoms with Gasteiger partial charge in [0.1, 0.15) is 11.3 Å². The Morgan fingerprint density at radius 2 is 1.96 bits per heavy atom. The van der Waals surface area contributed by atoms with Gasteiger partial charge >= 0.3 is 21.3 Å². The second-order valence-corrected chi connectivity index (χ2v) is 6.16. The van der Waals surface area contributed by atoms with Crippen LogP contribution in [0.3, 0.4) is 0 Å². The number of aliphatic hydroxyl groups is 1. The van der Waals surface area contributed by atoms with Crippen molar-refractivity contribution in [3.63, 3.8) is 0 Å². The van der Waals surface area contributed by atoms with Crippen LogP contribution in [0.25, 0.3) is 11.0 Å². The zero-order valence-electron chi connectivity index (χ0n) is 11.7. The number of fused-ring (bicyclic) bond motifs is 1. The molecule has 0 aliphatic heterocycles. The number of hydrogen-bond acceptors (Lipinski definition) is 6. The first-order valence-electron chi connectivity index (χ1n) is 6.25. The zero-order valence-corrected chi connectivity index (χ0v) is 12.5. The monoisotopic (exact) mass is 352 g/mol. The smallest absolute Gasteiger partial charge is 0.422 e. The highest BCUT2D eigenvalue weighted by atomic mass is 32.2. The number of aryl methyl sites for hydroxylation is 1. The number of alkyl halides is 3. The molecular formula is C13H11F3O6S. The van der Waals surface area contributed by atoms with Crippen molar-refractivity contribution in [1.29, 1.82) is 0 Å². The summed E-state index contributed by atoms with van der Waals surface area (Å²) in [5.41, 5.74) is -6.14. The van der Waals surface area contributed by atoms with Crippen molar-refractivity contribution >= 4 is 21.1 Å². The maximum Gasteiger partial charge on any atom is 0.534 e. The normalized spacial score (nSPS) is 12.6. The molecule has 2 aromatic rings. The first-order chi connectivity index (χ1) is 10.6. The minimum atomic E-state index is -5.88. The van der Waals surface area contributed by atoms with E-state index in [0.29, 0.717) is 10.9 Å².